The van der Waals surface area contributed by atoms with E-state index in [-0.39, 0.29) is 12.6 Å². The van der Waals surface area contributed by atoms with Crippen molar-refractivity contribution in [3.8, 4) is 0 Å². The van der Waals surface area contributed by atoms with Crippen molar-refractivity contribution in [2.45, 2.75) is 12.5 Å². The summed E-state index contributed by atoms with van der Waals surface area (Å²) in [5.74, 6) is 0. The van der Waals surface area contributed by atoms with E-state index in [1.807, 2.05) is 0 Å². The third-order valence-corrected chi connectivity index (χ3v) is 2.56. The fourth-order valence-electron chi connectivity index (χ4n) is 1.01. The molecule has 3 nitrogen and oxygen atoms in total. The van der Waals surface area contributed by atoms with E-state index in [4.69, 9.17) is 22.4 Å². The molecule has 1 heterocycles. The molecule has 0 radical (unpaired) electrons. The Labute approximate surface area is 90.1 Å². The van der Waals surface area contributed by atoms with E-state index in [9.17, 15) is 0 Å². The second kappa shape index (κ2) is 4.91. The highest BCUT2D eigenvalue weighted by atomic mass is 79.9. The van der Waals surface area contributed by atoms with Gasteiger partial charge < -0.3 is 10.8 Å². The molecule has 0 spiro atoms. The Morgan fingerprint density at radius 3 is 3.00 bits per heavy atom. The van der Waals surface area contributed by atoms with Crippen molar-refractivity contribution >= 4 is 27.5 Å². The average Bonchev–Trinajstić information content (AvgIpc) is 2.09. The minimum atomic E-state index is -0.208. The molecule has 0 aliphatic rings. The van der Waals surface area contributed by atoms with Gasteiger partial charge >= 0.3 is 0 Å². The summed E-state index contributed by atoms with van der Waals surface area (Å²) >= 11 is 9.03. The molecule has 1 aromatic heterocycles. The smallest absolute Gasteiger partial charge is 0.129 e. The summed E-state index contributed by atoms with van der Waals surface area (Å²) in [6.45, 7) is 0.0630. The molecular formula is C8H10BrClN2O. The standard InChI is InChI=1S/C8H10BrClN2O/c9-6-4-12-8(10)3-5(6)7(11)1-2-13/h3-4,7,13H,1-2,11H2. The number of aliphatic hydroxyl groups is 1. The lowest BCUT2D eigenvalue weighted by atomic mass is 10.1. The van der Waals surface area contributed by atoms with Gasteiger partial charge in [0.05, 0.1) is 0 Å². The molecule has 0 saturated carbocycles. The van der Waals surface area contributed by atoms with Gasteiger partial charge in [0.1, 0.15) is 5.15 Å². The number of nitrogens with zero attached hydrogens (tertiary/aromatic N) is 1. The Kier molecular flexibility index (Phi) is 4.12. The molecule has 0 aromatic carbocycles. The van der Waals surface area contributed by atoms with E-state index in [0.29, 0.717) is 11.6 Å². The van der Waals surface area contributed by atoms with Crippen LogP contribution < -0.4 is 5.73 Å². The largest absolute Gasteiger partial charge is 0.396 e. The molecule has 72 valence electrons. The summed E-state index contributed by atoms with van der Waals surface area (Å²) in [7, 11) is 0. The quantitative estimate of drug-likeness (QED) is 0.821. The SMILES string of the molecule is NC(CCO)c1cc(Cl)ncc1Br. The molecule has 0 bridgehead atoms. The maximum atomic E-state index is 8.71. The predicted octanol–water partition coefficient (Wildman–Crippen LogP) is 1.88. The van der Waals surface area contributed by atoms with Gasteiger partial charge in [-0.15, -0.1) is 0 Å². The van der Waals surface area contributed by atoms with Gasteiger partial charge in [0.25, 0.3) is 0 Å². The Morgan fingerprint density at radius 1 is 1.69 bits per heavy atom. The van der Waals surface area contributed by atoms with Gasteiger partial charge in [-0.1, -0.05) is 11.6 Å². The third kappa shape index (κ3) is 2.91. The van der Waals surface area contributed by atoms with Crippen LogP contribution in [0.3, 0.4) is 0 Å². The van der Waals surface area contributed by atoms with Gasteiger partial charge in [0.15, 0.2) is 0 Å². The molecule has 1 rings (SSSR count). The average molecular weight is 266 g/mol. The molecule has 1 unspecified atom stereocenters. The number of aliphatic hydroxyl groups excluding tert-OH is 1. The van der Waals surface area contributed by atoms with Crippen molar-refractivity contribution < 1.29 is 5.11 Å². The second-order valence-corrected chi connectivity index (χ2v) is 3.89. The Balaban J connectivity index is 2.91. The van der Waals surface area contributed by atoms with E-state index >= 15 is 0 Å². The molecule has 5 heteroatoms. The minimum absolute atomic E-state index is 0.0630. The predicted molar refractivity (Wildman–Crippen MR) is 55.6 cm³/mol. The van der Waals surface area contributed by atoms with E-state index < -0.39 is 0 Å². The molecule has 13 heavy (non-hydrogen) atoms. The Hall–Kier alpha value is -0.160. The third-order valence-electron chi connectivity index (χ3n) is 1.69. The molecule has 0 saturated heterocycles. The van der Waals surface area contributed by atoms with Crippen molar-refractivity contribution in [2.24, 2.45) is 5.73 Å². The van der Waals surface area contributed by atoms with E-state index in [2.05, 4.69) is 20.9 Å². The summed E-state index contributed by atoms with van der Waals surface area (Å²) in [6.07, 6.45) is 2.12. The summed E-state index contributed by atoms with van der Waals surface area (Å²) in [5.41, 5.74) is 6.67. The molecule has 3 N–H and O–H groups in total. The fraction of sp³-hybridized carbons (Fsp3) is 0.375. The number of rotatable bonds is 3. The van der Waals surface area contributed by atoms with Gasteiger partial charge in [0, 0.05) is 23.3 Å². The Bertz CT molecular complexity index is 295. The topological polar surface area (TPSA) is 59.1 Å². The lowest BCUT2D eigenvalue weighted by molar-refractivity contribution is 0.276. The molecule has 0 aliphatic carbocycles. The van der Waals surface area contributed by atoms with Gasteiger partial charge in [-0.3, -0.25) is 0 Å². The summed E-state index contributed by atoms with van der Waals surface area (Å²) in [6, 6.07) is 1.49. The summed E-state index contributed by atoms with van der Waals surface area (Å²) in [4.78, 5) is 3.88. The van der Waals surface area contributed by atoms with Crippen LogP contribution in [-0.2, 0) is 0 Å². The van der Waals surface area contributed by atoms with Crippen LogP contribution in [0.5, 0.6) is 0 Å². The highest BCUT2D eigenvalue weighted by molar-refractivity contribution is 9.10. The van der Waals surface area contributed by atoms with Gasteiger partial charge in [0.2, 0.25) is 0 Å². The zero-order valence-electron chi connectivity index (χ0n) is 6.87. The lowest BCUT2D eigenvalue weighted by Gasteiger charge is -2.11. The number of pyridine rings is 1. The first kappa shape index (κ1) is 10.9. The number of hydrogen-bond donors (Lipinski definition) is 2. The first-order valence-corrected chi connectivity index (χ1v) is 4.99. The normalized spacial score (nSPS) is 12.9. The van der Waals surface area contributed by atoms with Crippen molar-refractivity contribution in [1.82, 2.24) is 4.98 Å². The maximum Gasteiger partial charge on any atom is 0.129 e. The molecule has 1 aromatic rings. The van der Waals surface area contributed by atoms with Crippen molar-refractivity contribution in [1.29, 1.82) is 0 Å². The van der Waals surface area contributed by atoms with Crippen molar-refractivity contribution in [3.05, 3.63) is 27.5 Å². The second-order valence-electron chi connectivity index (χ2n) is 2.65. The van der Waals surface area contributed by atoms with Crippen molar-refractivity contribution in [2.75, 3.05) is 6.61 Å². The first-order chi connectivity index (χ1) is 6.15. The number of halogens is 2. The number of nitrogens with two attached hydrogens (primary N) is 1. The highest BCUT2D eigenvalue weighted by Crippen LogP contribution is 2.25. The Morgan fingerprint density at radius 2 is 2.38 bits per heavy atom. The van der Waals surface area contributed by atoms with Crippen LogP contribution in [0.4, 0.5) is 0 Å². The fourth-order valence-corrected chi connectivity index (χ4v) is 1.68. The minimum Gasteiger partial charge on any atom is -0.396 e. The van der Waals surface area contributed by atoms with Crippen LogP contribution in [0.1, 0.15) is 18.0 Å². The van der Waals surface area contributed by atoms with Crippen LogP contribution in [0.2, 0.25) is 5.15 Å². The van der Waals surface area contributed by atoms with Crippen LogP contribution in [-0.4, -0.2) is 16.7 Å². The van der Waals surface area contributed by atoms with Crippen LogP contribution in [0.15, 0.2) is 16.7 Å². The molecule has 0 amide bonds. The summed E-state index contributed by atoms with van der Waals surface area (Å²) < 4.78 is 0.817. The summed E-state index contributed by atoms with van der Waals surface area (Å²) in [5, 5.41) is 9.12. The zero-order chi connectivity index (χ0) is 9.84. The van der Waals surface area contributed by atoms with Crippen LogP contribution in [0.25, 0.3) is 0 Å². The number of aromatic nitrogens is 1. The molecule has 1 atom stereocenters. The first-order valence-electron chi connectivity index (χ1n) is 3.82. The highest BCUT2D eigenvalue weighted by Gasteiger charge is 2.10. The maximum absolute atomic E-state index is 8.71. The molecule has 0 aliphatic heterocycles. The van der Waals surface area contributed by atoms with Crippen LogP contribution in [0, 0.1) is 0 Å². The van der Waals surface area contributed by atoms with Crippen LogP contribution >= 0.6 is 27.5 Å². The lowest BCUT2D eigenvalue weighted by Crippen LogP contribution is -2.12. The van der Waals surface area contributed by atoms with E-state index in [1.165, 1.54) is 0 Å². The van der Waals surface area contributed by atoms with Gasteiger partial charge in [-0.25, -0.2) is 4.98 Å². The van der Waals surface area contributed by atoms with E-state index in [0.717, 1.165) is 10.0 Å². The number of hydrogen-bond acceptors (Lipinski definition) is 3. The van der Waals surface area contributed by atoms with E-state index in [1.54, 1.807) is 12.3 Å². The zero-order valence-corrected chi connectivity index (χ0v) is 9.22. The monoisotopic (exact) mass is 264 g/mol. The van der Waals surface area contributed by atoms with Gasteiger partial charge in [-0.05, 0) is 34.0 Å². The van der Waals surface area contributed by atoms with Gasteiger partial charge in [-0.2, -0.15) is 0 Å². The van der Waals surface area contributed by atoms with Crippen molar-refractivity contribution in [3.63, 3.8) is 0 Å². The molecule has 0 fully saturated rings. The molecular weight excluding hydrogens is 255 g/mol.